The van der Waals surface area contributed by atoms with Crippen LogP contribution in [0.15, 0.2) is 30.5 Å². The van der Waals surface area contributed by atoms with Gasteiger partial charge in [0.05, 0.1) is 0 Å². The quantitative estimate of drug-likeness (QED) is 0.690. The standard InChI is InChI=1S/C12H10N2O2P2/c15-17-8-14(9-18-16)6-5-10-7-13-12-4-2-1-3-11(10)12/h1-4,7,13H,5-6H2. The van der Waals surface area contributed by atoms with Crippen LogP contribution in [0.2, 0.25) is 0 Å². The van der Waals surface area contributed by atoms with Gasteiger partial charge in [0.2, 0.25) is 0 Å². The Morgan fingerprint density at radius 2 is 1.89 bits per heavy atom. The second kappa shape index (κ2) is 6.61. The summed E-state index contributed by atoms with van der Waals surface area (Å²) < 4.78 is 20.9. The van der Waals surface area contributed by atoms with Gasteiger partial charge in [0.25, 0.3) is 0 Å². The van der Waals surface area contributed by atoms with Crippen LogP contribution >= 0.6 is 15.8 Å². The third-order valence-corrected chi connectivity index (χ3v) is 3.25. The molecule has 1 aromatic heterocycles. The molecule has 0 saturated carbocycles. The number of nitrogens with zero attached hydrogens (tertiary/aromatic N) is 1. The van der Waals surface area contributed by atoms with Crippen LogP contribution in [0.4, 0.5) is 0 Å². The van der Waals surface area contributed by atoms with E-state index < -0.39 is 0 Å². The van der Waals surface area contributed by atoms with Crippen LogP contribution in [0.5, 0.6) is 0 Å². The predicted molar refractivity (Wildman–Crippen MR) is 71.7 cm³/mol. The summed E-state index contributed by atoms with van der Waals surface area (Å²) in [6.45, 7) is 0.534. The zero-order valence-corrected chi connectivity index (χ0v) is 11.2. The average Bonchev–Trinajstić information content (AvgIpc) is 2.80. The molecule has 0 amide bonds. The molecule has 0 spiro atoms. The summed E-state index contributed by atoms with van der Waals surface area (Å²) in [5, 5.41) is 1.16. The number of aromatic nitrogens is 1. The summed E-state index contributed by atoms with van der Waals surface area (Å²) in [5.41, 5.74) is 2.24. The van der Waals surface area contributed by atoms with Gasteiger partial charge in [-0.05, 0) is 0 Å². The monoisotopic (exact) mass is 276 g/mol. The van der Waals surface area contributed by atoms with Crippen LogP contribution in [0.25, 0.3) is 10.9 Å². The van der Waals surface area contributed by atoms with Crippen molar-refractivity contribution in [1.82, 2.24) is 9.88 Å². The van der Waals surface area contributed by atoms with Crippen molar-refractivity contribution in [3.05, 3.63) is 36.0 Å². The fourth-order valence-corrected chi connectivity index (χ4v) is 2.37. The van der Waals surface area contributed by atoms with E-state index in [-0.39, 0.29) is 15.8 Å². The Kier molecular flexibility index (Phi) is 4.84. The van der Waals surface area contributed by atoms with Crippen LogP contribution in [-0.4, -0.2) is 16.4 Å². The summed E-state index contributed by atoms with van der Waals surface area (Å²) in [6.07, 6.45) is 2.68. The molecule has 0 unspecified atom stereocenters. The molecule has 0 aliphatic rings. The van der Waals surface area contributed by atoms with E-state index in [9.17, 15) is 9.13 Å². The first-order chi connectivity index (χ1) is 8.85. The molecule has 4 nitrogen and oxygen atoms in total. The Bertz CT molecular complexity index is 730. The predicted octanol–water partition coefficient (Wildman–Crippen LogP) is 3.43. The molecule has 0 bridgehead atoms. The Hall–Kier alpha value is -1.26. The van der Waals surface area contributed by atoms with Gasteiger partial charge in [-0.25, -0.2) is 0 Å². The fraction of sp³-hybridized carbons (Fsp3) is 0.167. The Balaban J connectivity index is 2.17. The normalized spacial score (nSPS) is 10.1. The van der Waals surface area contributed by atoms with Crippen molar-refractivity contribution in [3.63, 3.8) is 0 Å². The molecule has 0 aliphatic carbocycles. The number of rotatable bonds is 3. The van der Waals surface area contributed by atoms with E-state index in [1.165, 1.54) is 4.90 Å². The molecule has 18 heavy (non-hydrogen) atoms. The van der Waals surface area contributed by atoms with Crippen molar-refractivity contribution in [2.75, 3.05) is 6.54 Å². The average molecular weight is 276 g/mol. The van der Waals surface area contributed by atoms with Crippen molar-refractivity contribution < 1.29 is 9.13 Å². The van der Waals surface area contributed by atoms with E-state index in [4.69, 9.17) is 0 Å². The van der Waals surface area contributed by atoms with Crippen molar-refractivity contribution in [2.45, 2.75) is 6.42 Å². The van der Waals surface area contributed by atoms with Crippen molar-refractivity contribution in [2.24, 2.45) is 0 Å². The van der Waals surface area contributed by atoms with Crippen molar-refractivity contribution >= 4 is 26.7 Å². The molecule has 0 aliphatic heterocycles. The topological polar surface area (TPSA) is 53.2 Å². The number of hydrogen-bond acceptors (Lipinski definition) is 3. The van der Waals surface area contributed by atoms with E-state index in [0.29, 0.717) is 6.54 Å². The Morgan fingerprint density at radius 3 is 2.61 bits per heavy atom. The van der Waals surface area contributed by atoms with E-state index in [1.54, 1.807) is 0 Å². The molecule has 90 valence electrons. The number of fused-ring (bicyclic) bond motifs is 1. The number of benzene rings is 1. The van der Waals surface area contributed by atoms with E-state index in [2.05, 4.69) is 16.5 Å². The molecule has 0 atom stereocenters. The van der Waals surface area contributed by atoms with Crippen LogP contribution in [0.3, 0.4) is 0 Å². The number of H-pyrrole nitrogens is 1. The van der Waals surface area contributed by atoms with Gasteiger partial charge in [0, 0.05) is 0 Å². The summed E-state index contributed by atoms with van der Waals surface area (Å²) in [6, 6.07) is 8.02. The second-order valence-corrected chi connectivity index (χ2v) is 4.41. The van der Waals surface area contributed by atoms with Crippen LogP contribution in [0, 0.1) is 11.5 Å². The van der Waals surface area contributed by atoms with Crippen molar-refractivity contribution in [1.29, 1.82) is 0 Å². The molecule has 6 heteroatoms. The number of para-hydroxylation sites is 1. The minimum atomic E-state index is -0.240. The van der Waals surface area contributed by atoms with Gasteiger partial charge in [0.1, 0.15) is 0 Å². The molecular weight excluding hydrogens is 266 g/mol. The molecular formula is C12H10N2O2P2. The van der Waals surface area contributed by atoms with E-state index in [0.717, 1.165) is 22.9 Å². The number of nitrogens with one attached hydrogen (secondary N) is 1. The zero-order valence-electron chi connectivity index (χ0n) is 9.46. The molecule has 2 aromatic rings. The summed E-state index contributed by atoms with van der Waals surface area (Å²) in [4.78, 5) is 4.61. The fourth-order valence-electron chi connectivity index (χ4n) is 1.79. The Labute approximate surface area is 107 Å². The summed E-state index contributed by atoms with van der Waals surface area (Å²) in [7, 11) is -0.481. The van der Waals surface area contributed by atoms with Gasteiger partial charge in [-0.3, -0.25) is 0 Å². The molecule has 2 rings (SSSR count). The molecule has 0 saturated heterocycles. The van der Waals surface area contributed by atoms with E-state index >= 15 is 0 Å². The molecule has 1 heterocycles. The van der Waals surface area contributed by atoms with Gasteiger partial charge in [-0.1, -0.05) is 0 Å². The first kappa shape index (κ1) is 13.2. The maximum atomic E-state index is 10.5. The maximum absolute atomic E-state index is 10.5. The van der Waals surface area contributed by atoms with Crippen molar-refractivity contribution in [3.8, 4) is 11.5 Å². The number of hydrogen-bond donors (Lipinski definition) is 1. The first-order valence-corrected chi connectivity index (χ1v) is 6.96. The third kappa shape index (κ3) is 3.15. The van der Waals surface area contributed by atoms with Gasteiger partial charge >= 0.3 is 106 Å². The van der Waals surface area contributed by atoms with Crippen LogP contribution < -0.4 is 0 Å². The zero-order chi connectivity index (χ0) is 12.8. The Morgan fingerprint density at radius 1 is 1.17 bits per heavy atom. The molecule has 0 radical (unpaired) electrons. The second-order valence-electron chi connectivity index (χ2n) is 3.64. The first-order valence-electron chi connectivity index (χ1n) is 5.33. The molecule has 1 aromatic carbocycles. The van der Waals surface area contributed by atoms with E-state index in [1.807, 2.05) is 30.5 Å². The van der Waals surface area contributed by atoms with Gasteiger partial charge in [0.15, 0.2) is 0 Å². The van der Waals surface area contributed by atoms with Crippen LogP contribution in [0.1, 0.15) is 5.56 Å². The third-order valence-electron chi connectivity index (χ3n) is 2.60. The number of aromatic amines is 1. The summed E-state index contributed by atoms with van der Waals surface area (Å²) >= 11 is 0. The molecule has 1 N–H and O–H groups in total. The SMILES string of the molecule is O=P#CN(C#P=O)CCc1c[nH]c2ccccc12. The van der Waals surface area contributed by atoms with Gasteiger partial charge in [-0.2, -0.15) is 0 Å². The van der Waals surface area contributed by atoms with Crippen LogP contribution in [-0.2, 0) is 15.6 Å². The van der Waals surface area contributed by atoms with Gasteiger partial charge in [-0.15, -0.1) is 0 Å². The molecule has 0 fully saturated rings. The minimum absolute atomic E-state index is 0.240. The van der Waals surface area contributed by atoms with Gasteiger partial charge < -0.3 is 0 Å². The summed E-state index contributed by atoms with van der Waals surface area (Å²) in [5.74, 6) is 5.03.